The van der Waals surface area contributed by atoms with Gasteiger partial charge in [-0.25, -0.2) is 0 Å². The summed E-state index contributed by atoms with van der Waals surface area (Å²) < 4.78 is 0. The third-order valence-electron chi connectivity index (χ3n) is 3.79. The fourth-order valence-electron chi connectivity index (χ4n) is 2.52. The maximum absolute atomic E-state index is 3.57. The summed E-state index contributed by atoms with van der Waals surface area (Å²) in [5.41, 5.74) is 6.73. The van der Waals surface area contributed by atoms with Crippen molar-refractivity contribution in [3.63, 3.8) is 0 Å². The molecule has 0 radical (unpaired) electrons. The lowest BCUT2D eigenvalue weighted by Gasteiger charge is -2.10. The van der Waals surface area contributed by atoms with Crippen molar-refractivity contribution in [2.45, 2.75) is 39.3 Å². The molecule has 1 saturated carbocycles. The molecule has 0 amide bonds. The summed E-state index contributed by atoms with van der Waals surface area (Å²) in [5.74, 6) is 0. The van der Waals surface area contributed by atoms with E-state index in [2.05, 4.69) is 61.6 Å². The van der Waals surface area contributed by atoms with E-state index >= 15 is 0 Å². The Balaban J connectivity index is 1.82. The van der Waals surface area contributed by atoms with Crippen LogP contribution in [0.4, 0.5) is 0 Å². The minimum atomic E-state index is 0.775. The second-order valence-electron chi connectivity index (χ2n) is 5.67. The molecule has 0 saturated heterocycles. The van der Waals surface area contributed by atoms with Crippen LogP contribution < -0.4 is 5.32 Å². The fourth-order valence-corrected chi connectivity index (χ4v) is 2.52. The Morgan fingerprint density at radius 2 is 1.89 bits per heavy atom. The molecule has 1 aliphatic rings. The zero-order chi connectivity index (χ0) is 13.2. The molecule has 0 unspecified atom stereocenters. The standard InChI is InChI=1S/C18H21N/c1-13-4-3-5-16(10-13)18-9-6-15(11-14(18)2)12-19-17-7-8-17/h3-6,9-11,17,19H,7-8,12H2,1-2H3. The third-order valence-corrected chi connectivity index (χ3v) is 3.79. The van der Waals surface area contributed by atoms with Crippen molar-refractivity contribution in [1.29, 1.82) is 0 Å². The largest absolute Gasteiger partial charge is 0.310 e. The van der Waals surface area contributed by atoms with Crippen molar-refractivity contribution in [1.82, 2.24) is 5.32 Å². The first kappa shape index (κ1) is 12.4. The van der Waals surface area contributed by atoms with Crippen molar-refractivity contribution >= 4 is 0 Å². The van der Waals surface area contributed by atoms with Crippen molar-refractivity contribution in [2.24, 2.45) is 0 Å². The molecule has 19 heavy (non-hydrogen) atoms. The van der Waals surface area contributed by atoms with Crippen molar-refractivity contribution in [3.05, 3.63) is 59.2 Å². The van der Waals surface area contributed by atoms with Gasteiger partial charge in [-0.1, -0.05) is 48.0 Å². The minimum absolute atomic E-state index is 0.775. The molecular weight excluding hydrogens is 230 g/mol. The Bertz CT molecular complexity index is 582. The summed E-state index contributed by atoms with van der Waals surface area (Å²) in [6.07, 6.45) is 2.70. The van der Waals surface area contributed by atoms with Crippen LogP contribution in [0.2, 0.25) is 0 Å². The number of hydrogen-bond donors (Lipinski definition) is 1. The quantitative estimate of drug-likeness (QED) is 0.857. The Morgan fingerprint density at radius 3 is 2.58 bits per heavy atom. The van der Waals surface area contributed by atoms with Gasteiger partial charge in [0.1, 0.15) is 0 Å². The van der Waals surface area contributed by atoms with Crippen LogP contribution in [0, 0.1) is 13.8 Å². The molecule has 2 aromatic carbocycles. The molecule has 1 N–H and O–H groups in total. The van der Waals surface area contributed by atoms with Gasteiger partial charge in [-0.15, -0.1) is 0 Å². The van der Waals surface area contributed by atoms with Gasteiger partial charge in [0, 0.05) is 12.6 Å². The first-order valence-electron chi connectivity index (χ1n) is 7.12. The van der Waals surface area contributed by atoms with Gasteiger partial charge in [0.25, 0.3) is 0 Å². The highest BCUT2D eigenvalue weighted by Gasteiger charge is 2.19. The minimum Gasteiger partial charge on any atom is -0.310 e. The summed E-state index contributed by atoms with van der Waals surface area (Å²) in [6.45, 7) is 5.35. The predicted octanol–water partition coefficient (Wildman–Crippen LogP) is 4.22. The van der Waals surface area contributed by atoms with E-state index in [0.29, 0.717) is 0 Å². The van der Waals surface area contributed by atoms with Crippen LogP contribution in [0.5, 0.6) is 0 Å². The van der Waals surface area contributed by atoms with E-state index in [1.165, 1.54) is 40.7 Å². The van der Waals surface area contributed by atoms with E-state index in [1.807, 2.05) is 0 Å². The van der Waals surface area contributed by atoms with Crippen LogP contribution in [-0.4, -0.2) is 6.04 Å². The lowest BCUT2D eigenvalue weighted by atomic mass is 9.97. The Kier molecular flexibility index (Phi) is 3.39. The SMILES string of the molecule is Cc1cccc(-c2ccc(CNC3CC3)cc2C)c1. The van der Waals surface area contributed by atoms with Crippen LogP contribution in [0.15, 0.2) is 42.5 Å². The van der Waals surface area contributed by atoms with Crippen molar-refractivity contribution < 1.29 is 0 Å². The van der Waals surface area contributed by atoms with Gasteiger partial charge in [0.2, 0.25) is 0 Å². The van der Waals surface area contributed by atoms with Gasteiger partial charge in [0.15, 0.2) is 0 Å². The molecule has 0 aliphatic heterocycles. The van der Waals surface area contributed by atoms with Gasteiger partial charge in [-0.05, 0) is 48.9 Å². The van der Waals surface area contributed by atoms with Crippen LogP contribution in [0.3, 0.4) is 0 Å². The van der Waals surface area contributed by atoms with Crippen molar-refractivity contribution in [2.75, 3.05) is 0 Å². The van der Waals surface area contributed by atoms with Crippen LogP contribution in [0.25, 0.3) is 11.1 Å². The normalized spacial score (nSPS) is 14.6. The Morgan fingerprint density at radius 1 is 1.05 bits per heavy atom. The van der Waals surface area contributed by atoms with Gasteiger partial charge < -0.3 is 5.32 Å². The zero-order valence-corrected chi connectivity index (χ0v) is 11.7. The highest BCUT2D eigenvalue weighted by molar-refractivity contribution is 5.68. The predicted molar refractivity (Wildman–Crippen MR) is 81.2 cm³/mol. The Hall–Kier alpha value is -1.60. The van der Waals surface area contributed by atoms with Gasteiger partial charge in [-0.2, -0.15) is 0 Å². The third kappa shape index (κ3) is 3.05. The van der Waals surface area contributed by atoms with Crippen LogP contribution in [-0.2, 0) is 6.54 Å². The molecule has 0 aromatic heterocycles. The van der Waals surface area contributed by atoms with E-state index in [9.17, 15) is 0 Å². The molecule has 1 heteroatoms. The topological polar surface area (TPSA) is 12.0 Å². The fraction of sp³-hybridized carbons (Fsp3) is 0.333. The smallest absolute Gasteiger partial charge is 0.0208 e. The van der Waals surface area contributed by atoms with E-state index < -0.39 is 0 Å². The van der Waals surface area contributed by atoms with Gasteiger partial charge >= 0.3 is 0 Å². The summed E-state index contributed by atoms with van der Waals surface area (Å²) in [5, 5.41) is 3.57. The van der Waals surface area contributed by atoms with Crippen molar-refractivity contribution in [3.8, 4) is 11.1 Å². The van der Waals surface area contributed by atoms with E-state index in [0.717, 1.165) is 12.6 Å². The molecule has 0 heterocycles. The molecule has 0 atom stereocenters. The van der Waals surface area contributed by atoms with E-state index in [-0.39, 0.29) is 0 Å². The molecule has 0 bridgehead atoms. The first-order chi connectivity index (χ1) is 9.22. The maximum Gasteiger partial charge on any atom is 0.0208 e. The number of aryl methyl sites for hydroxylation is 2. The summed E-state index contributed by atoms with van der Waals surface area (Å²) >= 11 is 0. The first-order valence-corrected chi connectivity index (χ1v) is 7.12. The van der Waals surface area contributed by atoms with Gasteiger partial charge in [-0.3, -0.25) is 0 Å². The molecular formula is C18H21N. The van der Waals surface area contributed by atoms with Crippen LogP contribution >= 0.6 is 0 Å². The highest BCUT2D eigenvalue weighted by atomic mass is 14.9. The molecule has 1 nitrogen and oxygen atoms in total. The number of hydrogen-bond acceptors (Lipinski definition) is 1. The highest BCUT2D eigenvalue weighted by Crippen LogP contribution is 2.25. The zero-order valence-electron chi connectivity index (χ0n) is 11.7. The summed E-state index contributed by atoms with van der Waals surface area (Å²) in [4.78, 5) is 0. The second-order valence-corrected chi connectivity index (χ2v) is 5.67. The average Bonchev–Trinajstić information content (AvgIpc) is 3.20. The summed E-state index contributed by atoms with van der Waals surface area (Å²) in [6, 6.07) is 16.3. The monoisotopic (exact) mass is 251 g/mol. The van der Waals surface area contributed by atoms with E-state index in [4.69, 9.17) is 0 Å². The summed E-state index contributed by atoms with van der Waals surface area (Å²) in [7, 11) is 0. The van der Waals surface area contributed by atoms with Crippen LogP contribution in [0.1, 0.15) is 29.5 Å². The molecule has 1 fully saturated rings. The molecule has 98 valence electrons. The molecule has 2 aromatic rings. The molecule has 1 aliphatic carbocycles. The number of rotatable bonds is 4. The Labute approximate surface area is 115 Å². The average molecular weight is 251 g/mol. The van der Waals surface area contributed by atoms with Gasteiger partial charge in [0.05, 0.1) is 0 Å². The lowest BCUT2D eigenvalue weighted by Crippen LogP contribution is -2.15. The molecule has 3 rings (SSSR count). The lowest BCUT2D eigenvalue weighted by molar-refractivity contribution is 0.687. The second kappa shape index (κ2) is 5.18. The number of benzene rings is 2. The maximum atomic E-state index is 3.57. The van der Waals surface area contributed by atoms with E-state index in [1.54, 1.807) is 0 Å². The number of nitrogens with one attached hydrogen (secondary N) is 1. The molecule has 0 spiro atoms.